The summed E-state index contributed by atoms with van der Waals surface area (Å²) in [5.41, 5.74) is 2.93. The van der Waals surface area contributed by atoms with Gasteiger partial charge in [-0.25, -0.2) is 0 Å². The molecule has 2 rings (SSSR count). The first kappa shape index (κ1) is 11.7. The summed E-state index contributed by atoms with van der Waals surface area (Å²) in [7, 11) is 0. The molecular weight excluding hydrogens is 212 g/mol. The summed E-state index contributed by atoms with van der Waals surface area (Å²) < 4.78 is 1.45. The van der Waals surface area contributed by atoms with Crippen LogP contribution in [0.3, 0.4) is 0 Å². The Bertz CT molecular complexity index is 503. The Morgan fingerprint density at radius 3 is 2.25 bits per heavy atom. The molecule has 0 radical (unpaired) electrons. The molecule has 0 saturated heterocycles. The van der Waals surface area contributed by atoms with Crippen molar-refractivity contribution in [2.75, 3.05) is 0 Å². The highest BCUT2D eigenvalue weighted by Gasteiger charge is 2.16. The molecule has 0 atom stereocenters. The Hall–Kier alpha value is -0.820. The van der Waals surface area contributed by atoms with Crippen LogP contribution in [0.2, 0.25) is 0 Å². The molecule has 0 unspecified atom stereocenters. The van der Waals surface area contributed by atoms with Crippen LogP contribution in [0.1, 0.15) is 55.5 Å². The van der Waals surface area contributed by atoms with E-state index in [0.29, 0.717) is 11.8 Å². The molecule has 1 heterocycles. The summed E-state index contributed by atoms with van der Waals surface area (Å²) in [5, 5.41) is 1.47. The first-order valence-corrected chi connectivity index (χ1v) is 6.85. The van der Waals surface area contributed by atoms with E-state index >= 15 is 0 Å². The zero-order chi connectivity index (χ0) is 11.9. The average Bonchev–Trinajstić information content (AvgIpc) is 2.55. The van der Waals surface area contributed by atoms with Gasteiger partial charge in [-0.05, 0) is 41.3 Å². The van der Waals surface area contributed by atoms with Gasteiger partial charge in [0.1, 0.15) is 0 Å². The normalized spacial score (nSPS) is 11.9. The lowest BCUT2D eigenvalue weighted by Gasteiger charge is -2.10. The van der Waals surface area contributed by atoms with E-state index in [1.54, 1.807) is 10.4 Å². The lowest BCUT2D eigenvalue weighted by atomic mass is 9.95. The summed E-state index contributed by atoms with van der Waals surface area (Å²) in [6.07, 6.45) is 0. The number of hydrogen-bond donors (Lipinski definition) is 0. The maximum absolute atomic E-state index is 2.32. The van der Waals surface area contributed by atoms with Crippen molar-refractivity contribution in [2.24, 2.45) is 0 Å². The summed E-state index contributed by atoms with van der Waals surface area (Å²) in [5.74, 6) is 1.25. The fourth-order valence-corrected chi connectivity index (χ4v) is 3.73. The molecule has 0 fully saturated rings. The third kappa shape index (κ3) is 1.89. The quantitative estimate of drug-likeness (QED) is 0.645. The lowest BCUT2D eigenvalue weighted by molar-refractivity contribution is 0.815. The van der Waals surface area contributed by atoms with Gasteiger partial charge in [0.25, 0.3) is 0 Å². The molecule has 0 aliphatic heterocycles. The molecule has 0 aliphatic carbocycles. The van der Waals surface area contributed by atoms with Gasteiger partial charge in [-0.3, -0.25) is 0 Å². The van der Waals surface area contributed by atoms with Crippen LogP contribution in [-0.2, 0) is 0 Å². The molecule has 16 heavy (non-hydrogen) atoms. The molecule has 1 aromatic heterocycles. The lowest BCUT2D eigenvalue weighted by Crippen LogP contribution is -1.93. The van der Waals surface area contributed by atoms with Gasteiger partial charge in [0.15, 0.2) is 0 Å². The number of rotatable bonds is 2. The fourth-order valence-electron chi connectivity index (χ4n) is 2.27. The number of fused-ring (bicyclic) bond motifs is 1. The topological polar surface area (TPSA) is 0 Å². The van der Waals surface area contributed by atoms with Crippen LogP contribution in [0.5, 0.6) is 0 Å². The van der Waals surface area contributed by atoms with Crippen molar-refractivity contribution in [1.29, 1.82) is 0 Å². The van der Waals surface area contributed by atoms with Crippen LogP contribution in [0.25, 0.3) is 10.1 Å². The third-order valence-corrected chi connectivity index (χ3v) is 4.48. The second-order valence-corrected chi connectivity index (χ2v) is 6.27. The van der Waals surface area contributed by atoms with Gasteiger partial charge in [0.05, 0.1) is 0 Å². The van der Waals surface area contributed by atoms with Gasteiger partial charge in [0, 0.05) is 9.58 Å². The van der Waals surface area contributed by atoms with Crippen LogP contribution in [0, 0.1) is 6.92 Å². The molecule has 1 aromatic carbocycles. The van der Waals surface area contributed by atoms with Crippen LogP contribution in [0.15, 0.2) is 18.2 Å². The van der Waals surface area contributed by atoms with E-state index in [-0.39, 0.29) is 0 Å². The van der Waals surface area contributed by atoms with Crippen molar-refractivity contribution < 1.29 is 0 Å². The standard InChI is InChI=1S/C15H20S/c1-9(2)14-12-7-6-11(5)8-13(12)16-15(14)10(3)4/h6-10H,1-5H3. The Morgan fingerprint density at radius 1 is 1.00 bits per heavy atom. The van der Waals surface area contributed by atoms with Crippen LogP contribution >= 0.6 is 11.3 Å². The zero-order valence-electron chi connectivity index (χ0n) is 10.8. The smallest absolute Gasteiger partial charge is 0.0351 e. The molecule has 2 aromatic rings. The Labute approximate surface area is 102 Å². The fraction of sp³-hybridized carbons (Fsp3) is 0.467. The molecule has 86 valence electrons. The van der Waals surface area contributed by atoms with Crippen molar-refractivity contribution >= 4 is 21.4 Å². The van der Waals surface area contributed by atoms with E-state index < -0.39 is 0 Å². The van der Waals surface area contributed by atoms with E-state index in [9.17, 15) is 0 Å². The first-order valence-electron chi connectivity index (χ1n) is 6.03. The molecule has 0 nitrogen and oxygen atoms in total. The molecule has 0 saturated carbocycles. The first-order chi connectivity index (χ1) is 7.50. The Kier molecular flexibility index (Phi) is 3.07. The van der Waals surface area contributed by atoms with Gasteiger partial charge in [-0.2, -0.15) is 0 Å². The highest BCUT2D eigenvalue weighted by Crippen LogP contribution is 2.40. The molecular formula is C15H20S. The van der Waals surface area contributed by atoms with Crippen LogP contribution in [0.4, 0.5) is 0 Å². The predicted octanol–water partition coefficient (Wildman–Crippen LogP) is 5.46. The Balaban J connectivity index is 2.75. The number of hydrogen-bond acceptors (Lipinski definition) is 1. The molecule has 0 amide bonds. The molecule has 0 bridgehead atoms. The highest BCUT2D eigenvalue weighted by atomic mass is 32.1. The van der Waals surface area contributed by atoms with Crippen molar-refractivity contribution in [2.45, 2.75) is 46.5 Å². The summed E-state index contributed by atoms with van der Waals surface area (Å²) in [6.45, 7) is 11.4. The van der Waals surface area contributed by atoms with Gasteiger partial charge in [-0.15, -0.1) is 11.3 Å². The minimum atomic E-state index is 0.619. The molecule has 1 heteroatoms. The van der Waals surface area contributed by atoms with Crippen molar-refractivity contribution in [3.05, 3.63) is 34.2 Å². The average molecular weight is 232 g/mol. The molecule has 0 N–H and O–H groups in total. The minimum Gasteiger partial charge on any atom is -0.140 e. The van der Waals surface area contributed by atoms with Gasteiger partial charge >= 0.3 is 0 Å². The van der Waals surface area contributed by atoms with E-state index in [0.717, 1.165) is 0 Å². The number of aryl methyl sites for hydroxylation is 1. The largest absolute Gasteiger partial charge is 0.140 e. The third-order valence-electron chi connectivity index (χ3n) is 3.01. The van der Waals surface area contributed by atoms with Crippen molar-refractivity contribution in [1.82, 2.24) is 0 Å². The van der Waals surface area contributed by atoms with Gasteiger partial charge in [-0.1, -0.05) is 39.8 Å². The van der Waals surface area contributed by atoms with E-state index in [1.165, 1.54) is 15.6 Å². The predicted molar refractivity (Wildman–Crippen MR) is 74.7 cm³/mol. The summed E-state index contributed by atoms with van der Waals surface area (Å²) in [6, 6.07) is 6.84. The monoisotopic (exact) mass is 232 g/mol. The second kappa shape index (κ2) is 4.21. The van der Waals surface area contributed by atoms with Crippen LogP contribution < -0.4 is 0 Å². The van der Waals surface area contributed by atoms with Crippen LogP contribution in [-0.4, -0.2) is 0 Å². The minimum absolute atomic E-state index is 0.619. The highest BCUT2D eigenvalue weighted by molar-refractivity contribution is 7.19. The summed E-state index contributed by atoms with van der Waals surface area (Å²) in [4.78, 5) is 1.57. The van der Waals surface area contributed by atoms with E-state index in [1.807, 2.05) is 11.3 Å². The maximum atomic E-state index is 2.32. The molecule has 0 spiro atoms. The maximum Gasteiger partial charge on any atom is 0.0351 e. The molecule has 0 aliphatic rings. The van der Waals surface area contributed by atoms with E-state index in [4.69, 9.17) is 0 Å². The second-order valence-electron chi connectivity index (χ2n) is 5.19. The Morgan fingerprint density at radius 2 is 1.69 bits per heavy atom. The van der Waals surface area contributed by atoms with E-state index in [2.05, 4.69) is 52.8 Å². The van der Waals surface area contributed by atoms with Gasteiger partial charge < -0.3 is 0 Å². The summed E-state index contributed by atoms with van der Waals surface area (Å²) >= 11 is 1.97. The zero-order valence-corrected chi connectivity index (χ0v) is 11.6. The number of thiophene rings is 1. The van der Waals surface area contributed by atoms with Gasteiger partial charge in [0.2, 0.25) is 0 Å². The SMILES string of the molecule is Cc1ccc2c(C(C)C)c(C(C)C)sc2c1. The number of benzene rings is 1. The van der Waals surface area contributed by atoms with Crippen molar-refractivity contribution in [3.63, 3.8) is 0 Å². The van der Waals surface area contributed by atoms with Crippen molar-refractivity contribution in [3.8, 4) is 0 Å².